The molecule has 0 aliphatic rings. The fourth-order valence-corrected chi connectivity index (χ4v) is 3.13. The zero-order valence-electron chi connectivity index (χ0n) is 15.1. The monoisotopic (exact) mass is 462 g/mol. The predicted molar refractivity (Wildman–Crippen MR) is 103 cm³/mol. The molecule has 1 N–H and O–H groups in total. The Labute approximate surface area is 176 Å². The first kappa shape index (κ1) is 22.0. The molecule has 0 saturated carbocycles. The Balaban J connectivity index is 2.24. The third kappa shape index (κ3) is 4.24. The standard InChI is InChI=1S/C18H12Cl2F4N4O2/c1-2-12(18(22,23)24)26-17(30)10-7-28(16-11(19)5-8(21)6-25-16)15-9(14(10)29)3-4-13(20)27-15/h3-7,12H,2H2,1H3,(H,26,30)/t12-/m1/s1. The van der Waals surface area contributed by atoms with E-state index in [0.29, 0.717) is 0 Å². The molecular formula is C18H12Cl2F4N4O2. The zero-order chi connectivity index (χ0) is 22.2. The van der Waals surface area contributed by atoms with E-state index in [1.54, 1.807) is 5.32 Å². The number of nitrogens with one attached hydrogen (secondary N) is 1. The van der Waals surface area contributed by atoms with Gasteiger partial charge in [-0.1, -0.05) is 30.1 Å². The molecule has 1 amide bonds. The van der Waals surface area contributed by atoms with Gasteiger partial charge < -0.3 is 5.32 Å². The van der Waals surface area contributed by atoms with Gasteiger partial charge in [0.25, 0.3) is 5.91 Å². The van der Waals surface area contributed by atoms with Crippen LogP contribution in [0.1, 0.15) is 23.7 Å². The number of alkyl halides is 3. The first-order chi connectivity index (χ1) is 14.0. The molecular weight excluding hydrogens is 451 g/mol. The minimum absolute atomic E-state index is 0.00537. The Bertz CT molecular complexity index is 1200. The van der Waals surface area contributed by atoms with Crippen LogP contribution in [0.2, 0.25) is 10.2 Å². The highest BCUT2D eigenvalue weighted by atomic mass is 35.5. The minimum atomic E-state index is -4.70. The lowest BCUT2D eigenvalue weighted by molar-refractivity contribution is -0.153. The summed E-state index contributed by atoms with van der Waals surface area (Å²) in [6, 6.07) is 1.33. The third-order valence-electron chi connectivity index (χ3n) is 4.19. The molecule has 0 spiro atoms. The van der Waals surface area contributed by atoms with Gasteiger partial charge in [-0.25, -0.2) is 14.4 Å². The van der Waals surface area contributed by atoms with Gasteiger partial charge in [0.15, 0.2) is 11.5 Å². The number of carbonyl (C=O) groups excluding carboxylic acids is 1. The second kappa shape index (κ2) is 8.19. The van der Waals surface area contributed by atoms with Crippen LogP contribution in [-0.2, 0) is 0 Å². The molecule has 3 aromatic rings. The highest BCUT2D eigenvalue weighted by Gasteiger charge is 2.39. The largest absolute Gasteiger partial charge is 0.408 e. The summed E-state index contributed by atoms with van der Waals surface area (Å²) >= 11 is 11.9. The average molecular weight is 463 g/mol. The van der Waals surface area contributed by atoms with Crippen LogP contribution in [0.4, 0.5) is 17.6 Å². The minimum Gasteiger partial charge on any atom is -0.340 e. The van der Waals surface area contributed by atoms with E-state index in [2.05, 4.69) is 9.97 Å². The summed E-state index contributed by atoms with van der Waals surface area (Å²) in [5.41, 5.74) is -1.53. The van der Waals surface area contributed by atoms with E-state index >= 15 is 0 Å². The van der Waals surface area contributed by atoms with E-state index in [4.69, 9.17) is 23.2 Å². The number of halogens is 6. The lowest BCUT2D eigenvalue weighted by Gasteiger charge is -2.20. The third-order valence-corrected chi connectivity index (χ3v) is 4.68. The maximum Gasteiger partial charge on any atom is 0.408 e. The lowest BCUT2D eigenvalue weighted by atomic mass is 10.1. The normalized spacial score (nSPS) is 12.8. The van der Waals surface area contributed by atoms with E-state index in [1.165, 1.54) is 19.1 Å². The second-order valence-corrected chi connectivity index (χ2v) is 6.98. The van der Waals surface area contributed by atoms with E-state index in [-0.39, 0.29) is 27.0 Å². The van der Waals surface area contributed by atoms with Crippen LogP contribution in [0, 0.1) is 5.82 Å². The van der Waals surface area contributed by atoms with Crippen molar-refractivity contribution in [1.82, 2.24) is 19.9 Å². The molecule has 0 aliphatic heterocycles. The van der Waals surface area contributed by atoms with Crippen LogP contribution in [0.15, 0.2) is 35.4 Å². The summed E-state index contributed by atoms with van der Waals surface area (Å²) in [6.07, 6.45) is -3.35. The van der Waals surface area contributed by atoms with Gasteiger partial charge in [0.2, 0.25) is 5.43 Å². The topological polar surface area (TPSA) is 76.9 Å². The number of nitrogens with zero attached hydrogens (tertiary/aromatic N) is 3. The smallest absolute Gasteiger partial charge is 0.340 e. The molecule has 3 rings (SSSR count). The Morgan fingerprint density at radius 3 is 2.60 bits per heavy atom. The van der Waals surface area contributed by atoms with Crippen molar-refractivity contribution in [2.75, 3.05) is 0 Å². The van der Waals surface area contributed by atoms with Crippen molar-refractivity contribution in [2.24, 2.45) is 0 Å². The van der Waals surface area contributed by atoms with Crippen LogP contribution in [0.3, 0.4) is 0 Å². The van der Waals surface area contributed by atoms with Gasteiger partial charge in [0, 0.05) is 6.20 Å². The predicted octanol–water partition coefficient (Wildman–Crippen LogP) is 4.30. The Kier molecular flexibility index (Phi) is 6.00. The molecule has 0 unspecified atom stereocenters. The van der Waals surface area contributed by atoms with Crippen LogP contribution in [0.5, 0.6) is 0 Å². The summed E-state index contributed by atoms with van der Waals surface area (Å²) < 4.78 is 53.6. The number of fused-ring (bicyclic) bond motifs is 1. The second-order valence-electron chi connectivity index (χ2n) is 6.18. The van der Waals surface area contributed by atoms with E-state index in [0.717, 1.165) is 23.0 Å². The summed E-state index contributed by atoms with van der Waals surface area (Å²) in [7, 11) is 0. The van der Waals surface area contributed by atoms with Crippen LogP contribution < -0.4 is 10.7 Å². The van der Waals surface area contributed by atoms with Crippen molar-refractivity contribution in [3.8, 4) is 5.82 Å². The van der Waals surface area contributed by atoms with Gasteiger partial charge in [-0.15, -0.1) is 0 Å². The number of pyridine rings is 3. The Morgan fingerprint density at radius 2 is 2.00 bits per heavy atom. The summed E-state index contributed by atoms with van der Waals surface area (Å²) in [4.78, 5) is 33.2. The quantitative estimate of drug-likeness (QED) is 0.463. The molecule has 0 saturated heterocycles. The van der Waals surface area contributed by atoms with Crippen LogP contribution >= 0.6 is 23.2 Å². The molecule has 0 bridgehead atoms. The first-order valence-corrected chi connectivity index (χ1v) is 9.19. The molecule has 3 aromatic heterocycles. The van der Waals surface area contributed by atoms with Gasteiger partial charge in [0.05, 0.1) is 16.6 Å². The van der Waals surface area contributed by atoms with Crippen molar-refractivity contribution in [2.45, 2.75) is 25.6 Å². The molecule has 0 fully saturated rings. The fourth-order valence-electron chi connectivity index (χ4n) is 2.74. The molecule has 3 heterocycles. The Morgan fingerprint density at radius 1 is 1.30 bits per heavy atom. The van der Waals surface area contributed by atoms with E-state index < -0.39 is 41.4 Å². The average Bonchev–Trinajstić information content (AvgIpc) is 2.66. The maximum absolute atomic E-state index is 13.4. The summed E-state index contributed by atoms with van der Waals surface area (Å²) in [5.74, 6) is -2.09. The SMILES string of the molecule is CC[C@@H](NC(=O)c1cn(-c2ncc(F)cc2Cl)c2nc(Cl)ccc2c1=O)C(F)(F)F. The van der Waals surface area contributed by atoms with Gasteiger partial charge >= 0.3 is 6.18 Å². The van der Waals surface area contributed by atoms with Gasteiger partial charge in [-0.3, -0.25) is 14.2 Å². The zero-order valence-corrected chi connectivity index (χ0v) is 16.6. The Hall–Kier alpha value is -2.72. The lowest BCUT2D eigenvalue weighted by Crippen LogP contribution is -2.46. The van der Waals surface area contributed by atoms with Crippen molar-refractivity contribution < 1.29 is 22.4 Å². The first-order valence-electron chi connectivity index (χ1n) is 8.43. The molecule has 0 radical (unpaired) electrons. The number of amides is 1. The molecule has 0 aliphatic carbocycles. The number of hydrogen-bond acceptors (Lipinski definition) is 4. The molecule has 12 heteroatoms. The molecule has 30 heavy (non-hydrogen) atoms. The van der Waals surface area contributed by atoms with E-state index in [1.807, 2.05) is 0 Å². The van der Waals surface area contributed by atoms with Crippen LogP contribution in [-0.4, -0.2) is 32.7 Å². The van der Waals surface area contributed by atoms with Crippen molar-refractivity contribution in [3.63, 3.8) is 0 Å². The molecule has 1 atom stereocenters. The highest BCUT2D eigenvalue weighted by Crippen LogP contribution is 2.25. The maximum atomic E-state index is 13.4. The number of carbonyl (C=O) groups is 1. The van der Waals surface area contributed by atoms with Crippen molar-refractivity contribution in [3.05, 3.63) is 62.4 Å². The number of aromatic nitrogens is 3. The van der Waals surface area contributed by atoms with E-state index in [9.17, 15) is 27.2 Å². The molecule has 6 nitrogen and oxygen atoms in total. The number of rotatable bonds is 4. The summed E-state index contributed by atoms with van der Waals surface area (Å²) in [5, 5.41) is 1.50. The summed E-state index contributed by atoms with van der Waals surface area (Å²) in [6.45, 7) is 1.24. The van der Waals surface area contributed by atoms with Crippen LogP contribution in [0.25, 0.3) is 16.9 Å². The highest BCUT2D eigenvalue weighted by molar-refractivity contribution is 6.32. The van der Waals surface area contributed by atoms with Gasteiger partial charge in [0.1, 0.15) is 22.6 Å². The van der Waals surface area contributed by atoms with Gasteiger partial charge in [-0.2, -0.15) is 13.2 Å². The van der Waals surface area contributed by atoms with Crippen molar-refractivity contribution in [1.29, 1.82) is 0 Å². The fraction of sp³-hybridized carbons (Fsp3) is 0.222. The molecule has 158 valence electrons. The molecule has 0 aromatic carbocycles. The number of hydrogen-bond donors (Lipinski definition) is 1. The van der Waals surface area contributed by atoms with Crippen molar-refractivity contribution >= 4 is 40.1 Å². The van der Waals surface area contributed by atoms with Gasteiger partial charge in [-0.05, 0) is 24.6 Å².